The van der Waals surface area contributed by atoms with Gasteiger partial charge >= 0.3 is 0 Å². The molecule has 1 rings (SSSR count). The Labute approximate surface area is 109 Å². The predicted octanol–water partition coefficient (Wildman–Crippen LogP) is 2.18. The van der Waals surface area contributed by atoms with Gasteiger partial charge in [-0.15, -0.1) is 0 Å². The number of carbonyl (C=O) groups excluding carboxylic acids is 1. The molecule has 1 aromatic rings. The second kappa shape index (κ2) is 6.03. The molecule has 0 bridgehead atoms. The zero-order valence-corrected chi connectivity index (χ0v) is 11.8. The number of amides is 1. The molecule has 1 heterocycles. The van der Waals surface area contributed by atoms with Gasteiger partial charge in [0.25, 0.3) is 5.91 Å². The van der Waals surface area contributed by atoms with Gasteiger partial charge in [0.15, 0.2) is 0 Å². The molecule has 0 spiro atoms. The van der Waals surface area contributed by atoms with Gasteiger partial charge < -0.3 is 9.64 Å². The first kappa shape index (κ1) is 13.2. The molecule has 4 nitrogen and oxygen atoms in total. The van der Waals surface area contributed by atoms with Crippen molar-refractivity contribution in [2.75, 3.05) is 20.2 Å². The quantitative estimate of drug-likeness (QED) is 0.793. The fourth-order valence-corrected chi connectivity index (χ4v) is 2.06. The summed E-state index contributed by atoms with van der Waals surface area (Å²) in [5.41, 5.74) is 0.550. The van der Waals surface area contributed by atoms with Gasteiger partial charge in [-0.2, -0.15) is 0 Å². The molecule has 16 heavy (non-hydrogen) atoms. The van der Waals surface area contributed by atoms with Crippen LogP contribution in [0.1, 0.15) is 24.2 Å². The van der Waals surface area contributed by atoms with Crippen molar-refractivity contribution in [3.8, 4) is 5.88 Å². The Morgan fingerprint density at radius 3 is 2.62 bits per heavy atom. The van der Waals surface area contributed by atoms with Crippen LogP contribution < -0.4 is 4.74 Å². The van der Waals surface area contributed by atoms with Crippen LogP contribution in [0.2, 0.25) is 0 Å². The van der Waals surface area contributed by atoms with Gasteiger partial charge in [-0.05, 0) is 42.5 Å². The summed E-state index contributed by atoms with van der Waals surface area (Å²) in [6, 6.07) is 1.81. The van der Waals surface area contributed by atoms with Crippen LogP contribution in [0, 0.1) is 3.57 Å². The summed E-state index contributed by atoms with van der Waals surface area (Å²) >= 11 is 2.12. The topological polar surface area (TPSA) is 42.4 Å². The molecule has 0 saturated carbocycles. The second-order valence-electron chi connectivity index (χ2n) is 3.15. The van der Waals surface area contributed by atoms with E-state index in [2.05, 4.69) is 27.6 Å². The van der Waals surface area contributed by atoms with Crippen molar-refractivity contribution < 1.29 is 9.53 Å². The molecule has 0 N–H and O–H groups in total. The van der Waals surface area contributed by atoms with Crippen molar-refractivity contribution in [1.82, 2.24) is 9.88 Å². The van der Waals surface area contributed by atoms with Crippen LogP contribution in [0.4, 0.5) is 0 Å². The third-order valence-corrected chi connectivity index (χ3v) is 3.22. The lowest BCUT2D eigenvalue weighted by atomic mass is 10.2. The van der Waals surface area contributed by atoms with Gasteiger partial charge in [-0.1, -0.05) is 0 Å². The molecule has 0 fully saturated rings. The number of halogens is 1. The van der Waals surface area contributed by atoms with E-state index in [0.717, 1.165) is 3.57 Å². The Kier molecular flexibility index (Phi) is 4.98. The SMILES string of the molecule is CCN(CC)C(=O)c1c(I)ccnc1OC. The van der Waals surface area contributed by atoms with Gasteiger partial charge in [0, 0.05) is 22.9 Å². The molecule has 0 aliphatic rings. The molecule has 0 atom stereocenters. The molecule has 1 aromatic heterocycles. The van der Waals surface area contributed by atoms with Gasteiger partial charge in [-0.25, -0.2) is 4.98 Å². The zero-order valence-electron chi connectivity index (χ0n) is 9.66. The number of ether oxygens (including phenoxy) is 1. The number of methoxy groups -OCH3 is 1. The van der Waals surface area contributed by atoms with Gasteiger partial charge in [0.2, 0.25) is 5.88 Å². The number of pyridine rings is 1. The lowest BCUT2D eigenvalue weighted by Crippen LogP contribution is -2.31. The van der Waals surface area contributed by atoms with Crippen LogP contribution >= 0.6 is 22.6 Å². The van der Waals surface area contributed by atoms with E-state index in [1.54, 1.807) is 17.2 Å². The smallest absolute Gasteiger partial charge is 0.260 e. The average Bonchev–Trinajstić information content (AvgIpc) is 2.29. The van der Waals surface area contributed by atoms with E-state index in [9.17, 15) is 4.79 Å². The van der Waals surface area contributed by atoms with Crippen molar-refractivity contribution in [2.24, 2.45) is 0 Å². The van der Waals surface area contributed by atoms with Gasteiger partial charge in [0.05, 0.1) is 7.11 Å². The molecular formula is C11H15IN2O2. The summed E-state index contributed by atoms with van der Waals surface area (Å²) in [7, 11) is 1.53. The van der Waals surface area contributed by atoms with Crippen LogP contribution in [-0.4, -0.2) is 36.0 Å². The minimum absolute atomic E-state index is 0.0284. The Balaban J connectivity index is 3.16. The fraction of sp³-hybridized carbons (Fsp3) is 0.455. The van der Waals surface area contributed by atoms with Crippen LogP contribution in [0.25, 0.3) is 0 Å². The lowest BCUT2D eigenvalue weighted by Gasteiger charge is -2.20. The molecule has 0 radical (unpaired) electrons. The summed E-state index contributed by atoms with van der Waals surface area (Å²) in [5, 5.41) is 0. The Morgan fingerprint density at radius 1 is 1.50 bits per heavy atom. The highest BCUT2D eigenvalue weighted by Gasteiger charge is 2.21. The van der Waals surface area contributed by atoms with Crippen LogP contribution in [-0.2, 0) is 0 Å². The molecule has 0 aliphatic heterocycles. The molecule has 0 saturated heterocycles. The van der Waals surface area contributed by atoms with E-state index in [1.165, 1.54) is 7.11 Å². The van der Waals surface area contributed by atoms with Crippen molar-refractivity contribution in [1.29, 1.82) is 0 Å². The minimum atomic E-state index is -0.0284. The maximum Gasteiger partial charge on any atom is 0.260 e. The predicted molar refractivity (Wildman–Crippen MR) is 70.8 cm³/mol. The molecule has 88 valence electrons. The maximum absolute atomic E-state index is 12.2. The van der Waals surface area contributed by atoms with E-state index in [4.69, 9.17) is 4.74 Å². The number of nitrogens with zero attached hydrogens (tertiary/aromatic N) is 2. The van der Waals surface area contributed by atoms with Crippen molar-refractivity contribution in [3.63, 3.8) is 0 Å². The molecular weight excluding hydrogens is 319 g/mol. The fourth-order valence-electron chi connectivity index (χ4n) is 1.44. The summed E-state index contributed by atoms with van der Waals surface area (Å²) in [6.45, 7) is 5.28. The second-order valence-corrected chi connectivity index (χ2v) is 4.32. The van der Waals surface area contributed by atoms with Crippen molar-refractivity contribution in [2.45, 2.75) is 13.8 Å². The first-order chi connectivity index (χ1) is 7.65. The molecule has 0 aromatic carbocycles. The van der Waals surface area contributed by atoms with E-state index in [1.807, 2.05) is 13.8 Å². The first-order valence-corrected chi connectivity index (χ1v) is 6.21. The summed E-state index contributed by atoms with van der Waals surface area (Å²) in [5.74, 6) is 0.364. The van der Waals surface area contributed by atoms with Gasteiger partial charge in [0.1, 0.15) is 5.56 Å². The van der Waals surface area contributed by atoms with E-state index < -0.39 is 0 Å². The third kappa shape index (κ3) is 2.63. The van der Waals surface area contributed by atoms with E-state index in [-0.39, 0.29) is 5.91 Å². The molecule has 0 aliphatic carbocycles. The molecule has 5 heteroatoms. The number of carbonyl (C=O) groups is 1. The average molecular weight is 334 g/mol. The standard InChI is InChI=1S/C11H15IN2O2/c1-4-14(5-2)11(15)9-8(12)6-7-13-10(9)16-3/h6-7H,4-5H2,1-3H3. The maximum atomic E-state index is 12.2. The largest absolute Gasteiger partial charge is 0.480 e. The Hall–Kier alpha value is -0.850. The minimum Gasteiger partial charge on any atom is -0.480 e. The number of aromatic nitrogens is 1. The summed E-state index contributed by atoms with van der Waals surface area (Å²) < 4.78 is 5.99. The van der Waals surface area contributed by atoms with Crippen LogP contribution in [0.15, 0.2) is 12.3 Å². The number of rotatable bonds is 4. The number of hydrogen-bond donors (Lipinski definition) is 0. The van der Waals surface area contributed by atoms with Gasteiger partial charge in [-0.3, -0.25) is 4.79 Å². The van der Waals surface area contributed by atoms with E-state index in [0.29, 0.717) is 24.5 Å². The Bertz CT molecular complexity index is 378. The highest BCUT2D eigenvalue weighted by Crippen LogP contribution is 2.22. The molecule has 1 amide bonds. The summed E-state index contributed by atoms with van der Waals surface area (Å²) in [4.78, 5) is 18.0. The summed E-state index contributed by atoms with van der Waals surface area (Å²) in [6.07, 6.45) is 1.64. The third-order valence-electron chi connectivity index (χ3n) is 2.32. The van der Waals surface area contributed by atoms with Crippen molar-refractivity contribution >= 4 is 28.5 Å². The molecule has 0 unspecified atom stereocenters. The van der Waals surface area contributed by atoms with Crippen LogP contribution in [0.3, 0.4) is 0 Å². The first-order valence-electron chi connectivity index (χ1n) is 5.13. The normalized spacial score (nSPS) is 10.0. The van der Waals surface area contributed by atoms with Crippen LogP contribution in [0.5, 0.6) is 5.88 Å². The Morgan fingerprint density at radius 2 is 2.12 bits per heavy atom. The highest BCUT2D eigenvalue weighted by atomic mass is 127. The van der Waals surface area contributed by atoms with Crippen molar-refractivity contribution in [3.05, 3.63) is 21.4 Å². The highest BCUT2D eigenvalue weighted by molar-refractivity contribution is 14.1. The number of hydrogen-bond acceptors (Lipinski definition) is 3. The van der Waals surface area contributed by atoms with E-state index >= 15 is 0 Å². The lowest BCUT2D eigenvalue weighted by molar-refractivity contribution is 0.0767. The monoisotopic (exact) mass is 334 g/mol. The zero-order chi connectivity index (χ0) is 12.1.